The van der Waals surface area contributed by atoms with E-state index in [1.807, 2.05) is 0 Å². The van der Waals surface area contributed by atoms with E-state index in [9.17, 15) is 14.7 Å². The van der Waals surface area contributed by atoms with Crippen molar-refractivity contribution < 1.29 is 33.6 Å². The molecule has 1 aliphatic rings. The molecule has 2 aromatic rings. The third-order valence-electron chi connectivity index (χ3n) is 4.64. The molecule has 7 heteroatoms. The van der Waals surface area contributed by atoms with Gasteiger partial charge < -0.3 is 24.1 Å². The molecule has 0 radical (unpaired) electrons. The summed E-state index contributed by atoms with van der Waals surface area (Å²) in [7, 11) is 1.56. The number of rotatable bonds is 8. The molecule has 0 aromatic heterocycles. The Hall–Kier alpha value is -3.06. The minimum atomic E-state index is -1.41. The van der Waals surface area contributed by atoms with Crippen LogP contribution in [0.2, 0.25) is 0 Å². The third-order valence-corrected chi connectivity index (χ3v) is 4.64. The van der Waals surface area contributed by atoms with E-state index in [0.29, 0.717) is 23.7 Å². The van der Waals surface area contributed by atoms with Crippen molar-refractivity contribution >= 4 is 11.9 Å². The second-order valence-corrected chi connectivity index (χ2v) is 6.71. The molecule has 1 N–H and O–H groups in total. The molecule has 0 amide bonds. The van der Waals surface area contributed by atoms with Gasteiger partial charge in [-0.3, -0.25) is 9.59 Å². The van der Waals surface area contributed by atoms with Crippen LogP contribution in [0.4, 0.5) is 0 Å². The van der Waals surface area contributed by atoms with Gasteiger partial charge in [0.1, 0.15) is 18.1 Å². The maximum Gasteiger partial charge on any atom is 0.325 e. The van der Waals surface area contributed by atoms with Crippen molar-refractivity contribution in [3.05, 3.63) is 59.7 Å². The number of carboxylic acid groups (broad SMARTS) is 1. The van der Waals surface area contributed by atoms with E-state index in [-0.39, 0.29) is 12.9 Å². The predicted octanol–water partition coefficient (Wildman–Crippen LogP) is 3.51. The maximum atomic E-state index is 12.4. The van der Waals surface area contributed by atoms with Crippen molar-refractivity contribution in [1.82, 2.24) is 0 Å². The van der Waals surface area contributed by atoms with Crippen LogP contribution in [0, 0.1) is 0 Å². The highest BCUT2D eigenvalue weighted by molar-refractivity contribution is 5.99. The van der Waals surface area contributed by atoms with Crippen molar-refractivity contribution in [2.75, 3.05) is 13.7 Å². The van der Waals surface area contributed by atoms with Gasteiger partial charge >= 0.3 is 11.9 Å². The second-order valence-electron chi connectivity index (χ2n) is 6.71. The van der Waals surface area contributed by atoms with Crippen molar-refractivity contribution in [3.8, 4) is 11.5 Å². The molecule has 0 bridgehead atoms. The van der Waals surface area contributed by atoms with Gasteiger partial charge in [0.15, 0.2) is 12.2 Å². The normalized spacial score (nSPS) is 17.2. The number of hydrogen-bond donors (Lipinski definition) is 1. The molecule has 0 saturated carbocycles. The Bertz CT molecular complexity index is 808. The molecule has 2 atom stereocenters. The van der Waals surface area contributed by atoms with Crippen LogP contribution in [-0.2, 0) is 25.7 Å². The molecule has 0 aliphatic carbocycles. The van der Waals surface area contributed by atoms with Gasteiger partial charge in [0.05, 0.1) is 13.7 Å². The summed E-state index contributed by atoms with van der Waals surface area (Å²) in [6.07, 6.45) is 2.60. The summed E-state index contributed by atoms with van der Waals surface area (Å²) in [5.74, 6) is -2.25. The molecule has 1 saturated heterocycles. The van der Waals surface area contributed by atoms with Crippen LogP contribution in [-0.4, -0.2) is 37.1 Å². The molecule has 2 aromatic carbocycles. The van der Waals surface area contributed by atoms with E-state index in [2.05, 4.69) is 0 Å². The molecule has 1 heterocycles. The van der Waals surface area contributed by atoms with Gasteiger partial charge in [-0.2, -0.15) is 0 Å². The molecule has 154 valence electrons. The zero-order chi connectivity index (χ0) is 20.6. The maximum absolute atomic E-state index is 12.4. The van der Waals surface area contributed by atoms with Crippen molar-refractivity contribution in [1.29, 1.82) is 0 Å². The van der Waals surface area contributed by atoms with E-state index in [0.717, 1.165) is 24.8 Å². The van der Waals surface area contributed by atoms with Crippen LogP contribution in [0.1, 0.15) is 36.3 Å². The predicted molar refractivity (Wildman–Crippen MR) is 104 cm³/mol. The number of carboxylic acids is 1. The average molecular weight is 400 g/mol. The van der Waals surface area contributed by atoms with Gasteiger partial charge in [-0.05, 0) is 48.2 Å². The summed E-state index contributed by atoms with van der Waals surface area (Å²) in [5, 5.41) is 9.52. The fourth-order valence-corrected chi connectivity index (χ4v) is 3.03. The Kier molecular flexibility index (Phi) is 7.08. The zero-order valence-electron chi connectivity index (χ0n) is 16.2. The smallest absolute Gasteiger partial charge is 0.325 e. The molecule has 29 heavy (non-hydrogen) atoms. The SMILES string of the molecule is COc1ccc(COC(=O)[C@@H](C(=O)O)c2ccc(O[C@H]3CCCCO3)cc2)cc1. The number of methoxy groups -OCH3 is 1. The molecule has 1 fully saturated rings. The summed E-state index contributed by atoms with van der Waals surface area (Å²) in [6.45, 7) is 0.649. The largest absolute Gasteiger partial charge is 0.497 e. The van der Waals surface area contributed by atoms with E-state index >= 15 is 0 Å². The van der Waals surface area contributed by atoms with E-state index in [1.54, 1.807) is 55.6 Å². The number of carbonyl (C=O) groups excluding carboxylic acids is 1. The Morgan fingerprint density at radius 3 is 2.34 bits per heavy atom. The van der Waals surface area contributed by atoms with Crippen molar-refractivity contribution in [2.45, 2.75) is 38.1 Å². The molecule has 7 nitrogen and oxygen atoms in total. The topological polar surface area (TPSA) is 91.3 Å². The lowest BCUT2D eigenvalue weighted by molar-refractivity contribution is -0.155. The minimum Gasteiger partial charge on any atom is -0.497 e. The summed E-state index contributed by atoms with van der Waals surface area (Å²) < 4.78 is 21.6. The molecule has 3 rings (SSSR count). The Morgan fingerprint density at radius 1 is 1.07 bits per heavy atom. The monoisotopic (exact) mass is 400 g/mol. The highest BCUT2D eigenvalue weighted by atomic mass is 16.7. The van der Waals surface area contributed by atoms with Gasteiger partial charge in [0, 0.05) is 6.42 Å². The Balaban J connectivity index is 1.61. The van der Waals surface area contributed by atoms with E-state index in [4.69, 9.17) is 18.9 Å². The van der Waals surface area contributed by atoms with E-state index < -0.39 is 17.9 Å². The molecular formula is C22H24O7. The number of hydrogen-bond acceptors (Lipinski definition) is 6. The summed E-state index contributed by atoms with van der Waals surface area (Å²) in [6, 6.07) is 13.4. The van der Waals surface area contributed by atoms with Crippen LogP contribution in [0.15, 0.2) is 48.5 Å². The summed E-state index contributed by atoms with van der Waals surface area (Å²) in [4.78, 5) is 24.1. The van der Waals surface area contributed by atoms with Crippen LogP contribution in [0.3, 0.4) is 0 Å². The Labute approximate surface area is 169 Å². The number of aliphatic carboxylic acids is 1. The third kappa shape index (κ3) is 5.71. The number of esters is 1. The summed E-state index contributed by atoms with van der Waals surface area (Å²) in [5.41, 5.74) is 1.06. The van der Waals surface area contributed by atoms with Crippen molar-refractivity contribution in [2.24, 2.45) is 0 Å². The number of carbonyl (C=O) groups is 2. The first-order valence-corrected chi connectivity index (χ1v) is 9.47. The van der Waals surface area contributed by atoms with Gasteiger partial charge in [0.25, 0.3) is 0 Å². The fourth-order valence-electron chi connectivity index (χ4n) is 3.03. The second kappa shape index (κ2) is 9.93. The molecule has 0 spiro atoms. The molecule has 1 aliphatic heterocycles. The first kappa shape index (κ1) is 20.7. The average Bonchev–Trinajstić information content (AvgIpc) is 2.74. The van der Waals surface area contributed by atoms with Gasteiger partial charge in [-0.15, -0.1) is 0 Å². The van der Waals surface area contributed by atoms with Gasteiger partial charge in [-0.25, -0.2) is 0 Å². The Morgan fingerprint density at radius 2 is 1.76 bits per heavy atom. The van der Waals surface area contributed by atoms with Crippen LogP contribution in [0.25, 0.3) is 0 Å². The van der Waals surface area contributed by atoms with Gasteiger partial charge in [0.2, 0.25) is 0 Å². The number of ether oxygens (including phenoxy) is 4. The lowest BCUT2D eigenvalue weighted by Crippen LogP contribution is -2.25. The number of benzene rings is 2. The zero-order valence-corrected chi connectivity index (χ0v) is 16.2. The lowest BCUT2D eigenvalue weighted by atomic mass is 9.99. The molecule has 0 unspecified atom stereocenters. The lowest BCUT2D eigenvalue weighted by Gasteiger charge is -2.23. The van der Waals surface area contributed by atoms with Crippen LogP contribution in [0.5, 0.6) is 11.5 Å². The highest BCUT2D eigenvalue weighted by Crippen LogP contribution is 2.24. The first-order valence-electron chi connectivity index (χ1n) is 9.47. The van der Waals surface area contributed by atoms with E-state index in [1.165, 1.54) is 0 Å². The molecular weight excluding hydrogens is 376 g/mol. The minimum absolute atomic E-state index is 0.0210. The fraction of sp³-hybridized carbons (Fsp3) is 0.364. The summed E-state index contributed by atoms with van der Waals surface area (Å²) >= 11 is 0. The first-order chi connectivity index (χ1) is 14.1. The van der Waals surface area contributed by atoms with Crippen LogP contribution < -0.4 is 9.47 Å². The van der Waals surface area contributed by atoms with Crippen molar-refractivity contribution in [3.63, 3.8) is 0 Å². The highest BCUT2D eigenvalue weighted by Gasteiger charge is 2.30. The van der Waals surface area contributed by atoms with Crippen LogP contribution >= 0.6 is 0 Å². The van der Waals surface area contributed by atoms with Gasteiger partial charge in [-0.1, -0.05) is 24.3 Å². The standard InChI is InChI=1S/C22H24O7/c1-26-17-9-5-15(6-10-17)14-28-22(25)20(21(23)24)16-7-11-18(12-8-16)29-19-4-2-3-13-27-19/h5-12,19-20H,2-4,13-14H2,1H3,(H,23,24)/t19-,20+/m0/s1. The quantitative estimate of drug-likeness (QED) is 0.535.